The predicted octanol–water partition coefficient (Wildman–Crippen LogP) is 13.4. The molecule has 5 nitrogen and oxygen atoms in total. The second-order valence-corrected chi connectivity index (χ2v) is 14.0. The van der Waals surface area contributed by atoms with E-state index in [0.29, 0.717) is 11.1 Å². The monoisotopic (exact) mass is 765 g/mol. The summed E-state index contributed by atoms with van der Waals surface area (Å²) >= 11 is 1.57. The van der Waals surface area contributed by atoms with Crippen LogP contribution in [-0.2, 0) is 0 Å². The van der Waals surface area contributed by atoms with Crippen molar-refractivity contribution in [1.29, 1.82) is 0 Å². The first-order valence-electron chi connectivity index (χ1n) is 27.5. The highest BCUT2D eigenvalue weighted by Gasteiger charge is 2.22. The smallest absolute Gasteiger partial charge is 0.240 e. The van der Waals surface area contributed by atoms with Gasteiger partial charge in [0.05, 0.1) is 49.5 Å². The van der Waals surface area contributed by atoms with E-state index < -0.39 is 160 Å². The molecule has 0 aliphatic heterocycles. The fourth-order valence-electron chi connectivity index (χ4n) is 7.33. The van der Waals surface area contributed by atoms with Crippen LogP contribution >= 0.6 is 11.3 Å². The number of thiophene rings is 1. The van der Waals surface area contributed by atoms with E-state index in [-0.39, 0.29) is 38.6 Å². The van der Waals surface area contributed by atoms with Gasteiger partial charge in [-0.05, 0) is 58.6 Å². The van der Waals surface area contributed by atoms with E-state index in [9.17, 15) is 9.60 Å². The lowest BCUT2D eigenvalue weighted by Gasteiger charge is -2.14. The van der Waals surface area contributed by atoms with Gasteiger partial charge < -0.3 is 0 Å². The van der Waals surface area contributed by atoms with Gasteiger partial charge in [0.25, 0.3) is 0 Å². The number of hydrogen-bond acceptors (Lipinski definition) is 4. The zero-order chi connectivity index (χ0) is 54.9. The third-order valence-electron chi connectivity index (χ3n) is 9.81. The molecule has 0 radical (unpaired) electrons. The maximum atomic E-state index is 9.92. The van der Waals surface area contributed by atoms with Crippen LogP contribution in [0.15, 0.2) is 188 Å². The molecule has 0 unspecified atom stereocenters. The van der Waals surface area contributed by atoms with Crippen molar-refractivity contribution in [1.82, 2.24) is 24.1 Å². The Morgan fingerprint density at radius 3 is 1.67 bits per heavy atom. The van der Waals surface area contributed by atoms with Gasteiger partial charge in [-0.1, -0.05) is 151 Å². The van der Waals surface area contributed by atoms with Crippen molar-refractivity contribution >= 4 is 75.1 Å². The van der Waals surface area contributed by atoms with Crippen LogP contribution in [0.2, 0.25) is 0 Å². The minimum Gasteiger partial charge on any atom is -0.278 e. The average molecular weight is 766 g/mol. The molecule has 4 heterocycles. The molecule has 0 amide bonds. The van der Waals surface area contributed by atoms with E-state index in [1.54, 1.807) is 35.6 Å². The zero-order valence-corrected chi connectivity index (χ0v) is 29.8. The highest BCUT2D eigenvalue weighted by atomic mass is 32.1. The first-order valence-corrected chi connectivity index (χ1v) is 18.3. The van der Waals surface area contributed by atoms with E-state index in [2.05, 4.69) is 0 Å². The number of hydrogen-bond donors (Lipinski definition) is 0. The number of fused-ring (bicyclic) bond motifs is 9. The van der Waals surface area contributed by atoms with Crippen molar-refractivity contribution in [2.24, 2.45) is 0 Å². The van der Waals surface area contributed by atoms with Gasteiger partial charge in [0.15, 0.2) is 5.82 Å². The lowest BCUT2D eigenvalue weighted by molar-refractivity contribution is 0.893. The van der Waals surface area contributed by atoms with Crippen LogP contribution in [0.3, 0.4) is 0 Å². The lowest BCUT2D eigenvalue weighted by atomic mass is 9.98. The van der Waals surface area contributed by atoms with Crippen molar-refractivity contribution in [3.8, 4) is 45.5 Å². The number of nitrogens with zero attached hydrogens (tertiary/aromatic N) is 5. The van der Waals surface area contributed by atoms with E-state index >= 15 is 0 Å². The van der Waals surface area contributed by atoms with Crippen molar-refractivity contribution in [3.05, 3.63) is 188 Å². The minimum absolute atomic E-state index is 0.217. The maximum Gasteiger partial charge on any atom is 0.240 e. The number of para-hydroxylation sites is 3. The maximum absolute atomic E-state index is 9.92. The fraction of sp³-hybridized carbons (Fsp3) is 0. The average Bonchev–Trinajstić information content (AvgIpc) is 4.28. The van der Waals surface area contributed by atoms with Gasteiger partial charge in [0.1, 0.15) is 0 Å². The molecule has 57 heavy (non-hydrogen) atoms. The number of rotatable bonds is 5. The highest BCUT2D eigenvalue weighted by molar-refractivity contribution is 7.25. The second kappa shape index (κ2) is 12.6. The third-order valence-corrected chi connectivity index (χ3v) is 10.9. The summed E-state index contributed by atoms with van der Waals surface area (Å²) in [5.74, 6) is -1.35. The summed E-state index contributed by atoms with van der Waals surface area (Å²) in [6.45, 7) is 0. The Hall–Kier alpha value is -7.41. The lowest BCUT2D eigenvalue weighted by Crippen LogP contribution is -2.10. The summed E-state index contributed by atoms with van der Waals surface area (Å²) in [4.78, 5) is 14.7. The first kappa shape index (κ1) is 18.0. The van der Waals surface area contributed by atoms with E-state index in [1.165, 1.54) is 0 Å². The molecule has 12 aromatic rings. The molecule has 0 spiro atoms. The molecule has 0 bridgehead atoms. The molecule has 0 fully saturated rings. The normalized spacial score (nSPS) is 16.8. The predicted molar refractivity (Wildman–Crippen MR) is 238 cm³/mol. The Morgan fingerprint density at radius 2 is 0.965 bits per heavy atom. The molecular formula is C51H31N5S. The van der Waals surface area contributed by atoms with Crippen LogP contribution in [0.5, 0.6) is 0 Å². The van der Waals surface area contributed by atoms with Gasteiger partial charge in [-0.2, -0.15) is 15.0 Å². The quantitative estimate of drug-likeness (QED) is 0.175. The zero-order valence-electron chi connectivity index (χ0n) is 49.0. The Labute approximate surface area is 359 Å². The van der Waals surface area contributed by atoms with Gasteiger partial charge in [-0.15, -0.1) is 11.3 Å². The standard InChI is InChI=1S/C51H31N5S/c1-2-14-32(15-3-1)33-26-28-39-38-19-8-12-24-45(38)56(46(39)30-33)51-53-49(52-50(54-51)55-43-22-10-6-17-36(43)37-18-7-11-23-44(37)55)42-21-5-4-16-35(42)34-27-29-41-40-20-9-13-25-47(40)57-48(41)31-34/h1-31H/i1D,2D,3D,6D,7D,8D,10D,11D,12D,14D,15D,17D,18D,19D,22D,23D,24D,26D,28D,30D. The number of benzene rings is 8. The van der Waals surface area contributed by atoms with Crippen LogP contribution in [0.1, 0.15) is 27.4 Å². The molecule has 0 saturated heterocycles. The van der Waals surface area contributed by atoms with Crippen LogP contribution in [-0.4, -0.2) is 24.1 Å². The van der Waals surface area contributed by atoms with Crippen molar-refractivity contribution in [2.45, 2.75) is 0 Å². The molecule has 12 rings (SSSR count). The van der Waals surface area contributed by atoms with Gasteiger partial charge in [-0.3, -0.25) is 9.13 Å². The van der Waals surface area contributed by atoms with E-state index in [1.807, 2.05) is 42.5 Å². The summed E-state index contributed by atoms with van der Waals surface area (Å²) in [6, 6.07) is 5.62. The Morgan fingerprint density at radius 1 is 0.404 bits per heavy atom. The molecule has 0 aliphatic carbocycles. The van der Waals surface area contributed by atoms with Crippen LogP contribution in [0, 0.1) is 0 Å². The van der Waals surface area contributed by atoms with Crippen molar-refractivity contribution < 1.29 is 27.4 Å². The molecule has 0 atom stereocenters. The van der Waals surface area contributed by atoms with Crippen molar-refractivity contribution in [3.63, 3.8) is 0 Å². The SMILES string of the molecule is [2H]c1c([2H])c([2H])c(-c2c([2H])c([2H])c3c4c([2H])c([2H])c([2H])c([2H])c4n(-c4nc(-c5ccccc5-c5ccc6c(c5)sc5ccccc56)nc(-n5c6c([2H])c([2H])c([2H])c([2H])c6c6c([2H])c([2H])c([2H])c([2H])c65)n4)c3c2[2H])c([2H])c1[2H]. The topological polar surface area (TPSA) is 48.5 Å². The summed E-state index contributed by atoms with van der Waals surface area (Å²) in [7, 11) is 0. The summed E-state index contributed by atoms with van der Waals surface area (Å²) in [6.07, 6.45) is 0. The Bertz CT molecular complexity index is 4610. The summed E-state index contributed by atoms with van der Waals surface area (Å²) < 4.78 is 184. The van der Waals surface area contributed by atoms with E-state index in [0.717, 1.165) is 29.3 Å². The molecule has 0 aliphatic rings. The first-order chi connectivity index (χ1) is 36.6. The van der Waals surface area contributed by atoms with Gasteiger partial charge in [0.2, 0.25) is 11.9 Å². The molecule has 4 aromatic heterocycles. The Balaban J connectivity index is 1.30. The van der Waals surface area contributed by atoms with Gasteiger partial charge >= 0.3 is 0 Å². The minimum atomic E-state index is -0.820. The van der Waals surface area contributed by atoms with Gasteiger partial charge in [0, 0.05) is 47.3 Å². The number of aromatic nitrogens is 5. The second-order valence-electron chi connectivity index (χ2n) is 12.9. The van der Waals surface area contributed by atoms with Crippen LogP contribution in [0.4, 0.5) is 0 Å². The largest absolute Gasteiger partial charge is 0.278 e. The highest BCUT2D eigenvalue weighted by Crippen LogP contribution is 2.40. The van der Waals surface area contributed by atoms with Gasteiger partial charge in [-0.25, -0.2) is 0 Å². The molecular weight excluding hydrogens is 715 g/mol. The van der Waals surface area contributed by atoms with Crippen molar-refractivity contribution in [2.75, 3.05) is 0 Å². The molecule has 0 saturated carbocycles. The van der Waals surface area contributed by atoms with Crippen LogP contribution in [0.25, 0.3) is 109 Å². The molecule has 8 aromatic carbocycles. The Kier molecular flexibility index (Phi) is 3.97. The molecule has 266 valence electrons. The summed E-state index contributed by atoms with van der Waals surface area (Å²) in [5, 5.41) is 0.616. The molecule has 6 heteroatoms. The summed E-state index contributed by atoms with van der Waals surface area (Å²) in [5.41, 5.74) is -1.47. The van der Waals surface area contributed by atoms with Crippen LogP contribution < -0.4 is 0 Å². The third kappa shape index (κ3) is 4.98. The van der Waals surface area contributed by atoms with E-state index in [4.69, 9.17) is 32.8 Å². The molecule has 0 N–H and O–H groups in total. The fourth-order valence-corrected chi connectivity index (χ4v) is 8.48.